The molecule has 3 aromatic rings. The minimum Gasteiger partial charge on any atom is -0.378 e. The predicted octanol–water partition coefficient (Wildman–Crippen LogP) is 1.88. The van der Waals surface area contributed by atoms with Crippen LogP contribution in [-0.4, -0.2) is 16.0 Å². The van der Waals surface area contributed by atoms with E-state index >= 15 is 0 Å². The second-order valence-corrected chi connectivity index (χ2v) is 5.24. The molecule has 0 aliphatic carbocycles. The first-order chi connectivity index (χ1) is 11.1. The Balaban J connectivity index is 1.78. The molecule has 0 aliphatic rings. The van der Waals surface area contributed by atoms with Gasteiger partial charge in [-0.3, -0.25) is 9.59 Å². The number of H-pyrrole nitrogens is 1. The molecule has 0 spiro atoms. The smallest absolute Gasteiger partial charge is 0.253 e. The molecule has 0 saturated heterocycles. The molecule has 1 atom stereocenters. The highest BCUT2D eigenvalue weighted by molar-refractivity contribution is 5.84. The van der Waals surface area contributed by atoms with Crippen LogP contribution >= 0.6 is 0 Å². The summed E-state index contributed by atoms with van der Waals surface area (Å²) in [5.74, 6) is -0.499. The van der Waals surface area contributed by atoms with Gasteiger partial charge < -0.3 is 15.4 Å². The van der Waals surface area contributed by atoms with Gasteiger partial charge in [0.1, 0.15) is 0 Å². The zero-order chi connectivity index (χ0) is 16.2. The number of pyridine rings is 1. The van der Waals surface area contributed by atoms with E-state index in [1.807, 2.05) is 24.3 Å². The average Bonchev–Trinajstić information content (AvgIpc) is 2.59. The van der Waals surface area contributed by atoms with Gasteiger partial charge in [0, 0.05) is 23.5 Å². The molecular formula is C18H16N2O3. The van der Waals surface area contributed by atoms with Crippen LogP contribution in [0.2, 0.25) is 0 Å². The van der Waals surface area contributed by atoms with Gasteiger partial charge in [0.2, 0.25) is 5.56 Å². The lowest BCUT2D eigenvalue weighted by molar-refractivity contribution is -0.129. The number of fused-ring (bicyclic) bond motifs is 1. The molecule has 1 heterocycles. The van der Waals surface area contributed by atoms with Crippen molar-refractivity contribution in [2.75, 3.05) is 0 Å². The highest BCUT2D eigenvalue weighted by atomic mass is 16.3. The molecule has 0 bridgehead atoms. The maximum atomic E-state index is 12.1. The number of hydrogen-bond donors (Lipinski definition) is 3. The summed E-state index contributed by atoms with van der Waals surface area (Å²) in [6.07, 6.45) is -1.23. The molecule has 0 radical (unpaired) electrons. The molecule has 2 aromatic carbocycles. The summed E-state index contributed by atoms with van der Waals surface area (Å²) in [5, 5.41) is 13.6. The standard InChI is InChI=1S/C18H16N2O3/c21-16-10-13(14-8-4-5-9-15(14)20-16)11-19-18(23)17(22)12-6-2-1-3-7-12/h1-10,17,22H,11H2,(H,19,23)(H,20,21). The number of benzene rings is 2. The number of rotatable bonds is 4. The van der Waals surface area contributed by atoms with Crippen LogP contribution in [-0.2, 0) is 11.3 Å². The third-order valence-electron chi connectivity index (χ3n) is 3.65. The lowest BCUT2D eigenvalue weighted by atomic mass is 10.1. The lowest BCUT2D eigenvalue weighted by Crippen LogP contribution is -2.29. The predicted molar refractivity (Wildman–Crippen MR) is 87.8 cm³/mol. The van der Waals surface area contributed by atoms with E-state index < -0.39 is 12.0 Å². The van der Waals surface area contributed by atoms with Crippen molar-refractivity contribution in [3.63, 3.8) is 0 Å². The Kier molecular flexibility index (Phi) is 4.21. The average molecular weight is 308 g/mol. The molecule has 5 nitrogen and oxygen atoms in total. The van der Waals surface area contributed by atoms with Crippen LogP contribution in [0.4, 0.5) is 0 Å². The summed E-state index contributed by atoms with van der Waals surface area (Å²) in [6.45, 7) is 0.174. The number of nitrogens with one attached hydrogen (secondary N) is 2. The fourth-order valence-corrected chi connectivity index (χ4v) is 2.49. The molecule has 3 N–H and O–H groups in total. The Hall–Kier alpha value is -2.92. The molecule has 116 valence electrons. The van der Waals surface area contributed by atoms with E-state index in [4.69, 9.17) is 0 Å². The Morgan fingerprint density at radius 1 is 1.09 bits per heavy atom. The number of aromatic amines is 1. The van der Waals surface area contributed by atoms with E-state index in [0.29, 0.717) is 16.6 Å². The highest BCUT2D eigenvalue weighted by Crippen LogP contribution is 2.15. The summed E-state index contributed by atoms with van der Waals surface area (Å²) in [4.78, 5) is 26.5. The lowest BCUT2D eigenvalue weighted by Gasteiger charge is -2.12. The number of hydrogen-bond acceptors (Lipinski definition) is 3. The third-order valence-corrected chi connectivity index (χ3v) is 3.65. The number of carbonyl (C=O) groups is 1. The van der Waals surface area contributed by atoms with Crippen molar-refractivity contribution in [3.05, 3.63) is 82.1 Å². The molecule has 3 rings (SSSR count). The van der Waals surface area contributed by atoms with Crippen molar-refractivity contribution in [3.8, 4) is 0 Å². The minimum absolute atomic E-state index is 0.174. The summed E-state index contributed by atoms with van der Waals surface area (Å²) in [5.41, 5.74) is 1.73. The first kappa shape index (κ1) is 15.0. The number of aliphatic hydroxyl groups excluding tert-OH is 1. The molecule has 23 heavy (non-hydrogen) atoms. The van der Waals surface area contributed by atoms with E-state index in [-0.39, 0.29) is 12.1 Å². The van der Waals surface area contributed by atoms with Crippen LogP contribution < -0.4 is 10.9 Å². The Morgan fingerprint density at radius 3 is 2.57 bits per heavy atom. The van der Waals surface area contributed by atoms with Gasteiger partial charge in [0.25, 0.3) is 5.91 Å². The van der Waals surface area contributed by atoms with E-state index in [9.17, 15) is 14.7 Å². The number of aromatic nitrogens is 1. The van der Waals surface area contributed by atoms with Gasteiger partial charge in [0.05, 0.1) is 0 Å². The zero-order valence-electron chi connectivity index (χ0n) is 12.3. The normalized spacial score (nSPS) is 12.0. The molecule has 0 aliphatic heterocycles. The van der Waals surface area contributed by atoms with Gasteiger partial charge in [0.15, 0.2) is 6.10 Å². The molecule has 5 heteroatoms. The van der Waals surface area contributed by atoms with Gasteiger partial charge in [-0.1, -0.05) is 48.5 Å². The fourth-order valence-electron chi connectivity index (χ4n) is 2.49. The fraction of sp³-hybridized carbons (Fsp3) is 0.111. The molecule has 0 saturated carbocycles. The van der Waals surface area contributed by atoms with Gasteiger partial charge in [-0.05, 0) is 17.2 Å². The van der Waals surface area contributed by atoms with Crippen LogP contribution in [0, 0.1) is 0 Å². The van der Waals surface area contributed by atoms with Crippen molar-refractivity contribution in [1.82, 2.24) is 10.3 Å². The van der Waals surface area contributed by atoms with Crippen molar-refractivity contribution < 1.29 is 9.90 Å². The number of aliphatic hydroxyl groups is 1. The van der Waals surface area contributed by atoms with Gasteiger partial charge in [-0.25, -0.2) is 0 Å². The maximum absolute atomic E-state index is 12.1. The quantitative estimate of drug-likeness (QED) is 0.688. The van der Waals surface area contributed by atoms with Crippen molar-refractivity contribution in [1.29, 1.82) is 0 Å². The molecule has 1 unspecified atom stereocenters. The first-order valence-corrected chi connectivity index (χ1v) is 7.27. The Bertz CT molecular complexity index is 887. The van der Waals surface area contributed by atoms with Crippen molar-refractivity contribution >= 4 is 16.8 Å². The van der Waals surface area contributed by atoms with Crippen LogP contribution in [0.3, 0.4) is 0 Å². The number of para-hydroxylation sites is 1. The maximum Gasteiger partial charge on any atom is 0.253 e. The SMILES string of the molecule is O=C(NCc1cc(=O)[nH]c2ccccc12)C(O)c1ccccc1. The second kappa shape index (κ2) is 6.46. The van der Waals surface area contributed by atoms with E-state index in [1.54, 1.807) is 30.3 Å². The molecule has 0 fully saturated rings. The second-order valence-electron chi connectivity index (χ2n) is 5.24. The van der Waals surface area contributed by atoms with Crippen LogP contribution in [0.25, 0.3) is 10.9 Å². The van der Waals surface area contributed by atoms with Gasteiger partial charge in [-0.2, -0.15) is 0 Å². The highest BCUT2D eigenvalue weighted by Gasteiger charge is 2.16. The van der Waals surface area contributed by atoms with E-state index in [0.717, 1.165) is 5.39 Å². The van der Waals surface area contributed by atoms with Crippen LogP contribution in [0.15, 0.2) is 65.5 Å². The summed E-state index contributed by atoms with van der Waals surface area (Å²) in [6, 6.07) is 17.5. The largest absolute Gasteiger partial charge is 0.378 e. The Labute approximate surface area is 132 Å². The van der Waals surface area contributed by atoms with Crippen molar-refractivity contribution in [2.45, 2.75) is 12.6 Å². The summed E-state index contributed by atoms with van der Waals surface area (Å²) >= 11 is 0. The van der Waals surface area contributed by atoms with E-state index in [1.165, 1.54) is 6.07 Å². The van der Waals surface area contributed by atoms with Crippen LogP contribution in [0.5, 0.6) is 0 Å². The number of amides is 1. The topological polar surface area (TPSA) is 82.2 Å². The number of carbonyl (C=O) groups excluding carboxylic acids is 1. The molecular weight excluding hydrogens is 292 g/mol. The Morgan fingerprint density at radius 2 is 1.78 bits per heavy atom. The minimum atomic E-state index is -1.23. The molecule has 1 amide bonds. The third kappa shape index (κ3) is 3.30. The summed E-state index contributed by atoms with van der Waals surface area (Å²) in [7, 11) is 0. The van der Waals surface area contributed by atoms with Gasteiger partial charge >= 0.3 is 0 Å². The zero-order valence-corrected chi connectivity index (χ0v) is 12.3. The monoisotopic (exact) mass is 308 g/mol. The molecule has 1 aromatic heterocycles. The first-order valence-electron chi connectivity index (χ1n) is 7.27. The van der Waals surface area contributed by atoms with Crippen molar-refractivity contribution in [2.24, 2.45) is 0 Å². The van der Waals surface area contributed by atoms with Crippen LogP contribution in [0.1, 0.15) is 17.2 Å². The summed E-state index contributed by atoms with van der Waals surface area (Å²) < 4.78 is 0. The van der Waals surface area contributed by atoms with E-state index in [2.05, 4.69) is 10.3 Å². The van der Waals surface area contributed by atoms with Gasteiger partial charge in [-0.15, -0.1) is 0 Å².